The van der Waals surface area contributed by atoms with Crippen LogP contribution >= 0.6 is 0 Å². The third-order valence-electron chi connectivity index (χ3n) is 3.45. The number of carboxylic acids is 2. The summed E-state index contributed by atoms with van der Waals surface area (Å²) in [5.74, 6) is -3.74. The molecular formula is C19H17NO8. The second kappa shape index (κ2) is 9.17. The van der Waals surface area contributed by atoms with Crippen molar-refractivity contribution < 1.29 is 38.9 Å². The third-order valence-corrected chi connectivity index (χ3v) is 3.45. The van der Waals surface area contributed by atoms with Crippen molar-refractivity contribution in [3.63, 3.8) is 0 Å². The highest BCUT2D eigenvalue weighted by Gasteiger charge is 2.13. The third kappa shape index (κ3) is 5.56. The first-order chi connectivity index (χ1) is 13.3. The lowest BCUT2D eigenvalue weighted by Gasteiger charge is -2.09. The van der Waals surface area contributed by atoms with Crippen molar-refractivity contribution in [2.45, 2.75) is 6.92 Å². The van der Waals surface area contributed by atoms with Crippen LogP contribution in [0.1, 0.15) is 38.0 Å². The number of benzene rings is 2. The topological polar surface area (TPSA) is 139 Å². The first-order valence-corrected chi connectivity index (χ1v) is 8.11. The van der Waals surface area contributed by atoms with Crippen LogP contribution in [-0.4, -0.2) is 47.2 Å². The summed E-state index contributed by atoms with van der Waals surface area (Å²) in [5, 5.41) is 20.6. The highest BCUT2D eigenvalue weighted by molar-refractivity contribution is 5.95. The van der Waals surface area contributed by atoms with E-state index < -0.39 is 30.4 Å². The van der Waals surface area contributed by atoms with E-state index in [0.717, 1.165) is 18.2 Å². The maximum absolute atomic E-state index is 12.0. The molecule has 0 radical (unpaired) electrons. The zero-order valence-electron chi connectivity index (χ0n) is 14.8. The lowest BCUT2D eigenvalue weighted by atomic mass is 10.1. The van der Waals surface area contributed by atoms with Crippen LogP contribution in [0.5, 0.6) is 5.75 Å². The average molecular weight is 387 g/mol. The molecule has 0 spiro atoms. The molecule has 146 valence electrons. The highest BCUT2D eigenvalue weighted by atomic mass is 16.5. The Labute approximate surface area is 159 Å². The molecule has 9 heteroatoms. The van der Waals surface area contributed by atoms with Crippen LogP contribution in [0.2, 0.25) is 0 Å². The Balaban J connectivity index is 1.99. The van der Waals surface area contributed by atoms with Gasteiger partial charge >= 0.3 is 17.9 Å². The van der Waals surface area contributed by atoms with Gasteiger partial charge in [-0.3, -0.25) is 4.79 Å². The average Bonchev–Trinajstić information content (AvgIpc) is 2.66. The minimum absolute atomic E-state index is 0.0647. The van der Waals surface area contributed by atoms with E-state index >= 15 is 0 Å². The summed E-state index contributed by atoms with van der Waals surface area (Å²) in [6, 6.07) is 9.23. The van der Waals surface area contributed by atoms with Crippen LogP contribution < -0.4 is 10.1 Å². The first kappa shape index (κ1) is 20.4. The summed E-state index contributed by atoms with van der Waals surface area (Å²) in [4.78, 5) is 45.7. The van der Waals surface area contributed by atoms with Gasteiger partial charge in [0.05, 0.1) is 23.3 Å². The largest absolute Gasteiger partial charge is 0.484 e. The van der Waals surface area contributed by atoms with Gasteiger partial charge in [0, 0.05) is 5.69 Å². The summed E-state index contributed by atoms with van der Waals surface area (Å²) in [7, 11) is 0. The summed E-state index contributed by atoms with van der Waals surface area (Å²) in [6.45, 7) is 1.47. The number of aromatic carboxylic acids is 2. The molecule has 0 aliphatic carbocycles. The van der Waals surface area contributed by atoms with Crippen LogP contribution in [0.15, 0.2) is 42.5 Å². The van der Waals surface area contributed by atoms with E-state index in [1.165, 1.54) is 24.3 Å². The van der Waals surface area contributed by atoms with Crippen molar-refractivity contribution in [1.29, 1.82) is 0 Å². The minimum Gasteiger partial charge on any atom is -0.484 e. The molecule has 2 aromatic rings. The number of carbonyl (C=O) groups excluding carboxylic acids is 2. The van der Waals surface area contributed by atoms with Crippen LogP contribution in [0.25, 0.3) is 0 Å². The predicted octanol–water partition coefficient (Wildman–Crippen LogP) is 2.28. The number of carboxylic acid groups (broad SMARTS) is 2. The van der Waals surface area contributed by atoms with Crippen LogP contribution in [0.4, 0.5) is 5.69 Å². The van der Waals surface area contributed by atoms with E-state index in [-0.39, 0.29) is 23.5 Å². The number of ether oxygens (including phenoxy) is 2. The fourth-order valence-corrected chi connectivity index (χ4v) is 2.18. The number of carbonyl (C=O) groups is 4. The van der Waals surface area contributed by atoms with Gasteiger partial charge in [-0.15, -0.1) is 0 Å². The molecule has 0 saturated carbocycles. The second-order valence-corrected chi connectivity index (χ2v) is 5.49. The standard InChI is InChI=1S/C19H17NO8/c1-2-27-19(26)11-3-5-14(6-4-11)20-16(21)10-28-15-8-12(17(22)23)7-13(9-15)18(24)25/h3-9H,2,10H2,1H3,(H,20,21)(H,22,23)(H,24,25). The molecule has 1 amide bonds. The Morgan fingerprint density at radius 2 is 1.46 bits per heavy atom. The summed E-state index contributed by atoms with van der Waals surface area (Å²) < 4.78 is 10.1. The zero-order chi connectivity index (χ0) is 20.7. The number of anilines is 1. The smallest absolute Gasteiger partial charge is 0.338 e. The predicted molar refractivity (Wildman–Crippen MR) is 96.9 cm³/mol. The zero-order valence-corrected chi connectivity index (χ0v) is 14.8. The molecule has 9 nitrogen and oxygen atoms in total. The summed E-state index contributed by atoms with van der Waals surface area (Å²) in [6.07, 6.45) is 0. The monoisotopic (exact) mass is 387 g/mol. The van der Waals surface area contributed by atoms with E-state index in [2.05, 4.69) is 5.32 Å². The molecule has 3 N–H and O–H groups in total. The summed E-state index contributed by atoms with van der Waals surface area (Å²) >= 11 is 0. The Morgan fingerprint density at radius 1 is 0.893 bits per heavy atom. The number of nitrogens with one attached hydrogen (secondary N) is 1. The molecular weight excluding hydrogens is 370 g/mol. The SMILES string of the molecule is CCOC(=O)c1ccc(NC(=O)COc2cc(C(=O)O)cc(C(=O)O)c2)cc1. The van der Waals surface area contributed by atoms with Gasteiger partial charge in [0.15, 0.2) is 6.61 Å². The molecule has 0 heterocycles. The molecule has 0 saturated heterocycles. The van der Waals surface area contributed by atoms with Crippen LogP contribution in [0.3, 0.4) is 0 Å². The van der Waals surface area contributed by atoms with E-state index in [1.54, 1.807) is 6.92 Å². The number of amides is 1. The van der Waals surface area contributed by atoms with E-state index in [9.17, 15) is 19.2 Å². The minimum atomic E-state index is -1.32. The Morgan fingerprint density at radius 3 is 1.96 bits per heavy atom. The molecule has 2 rings (SSSR count). The quantitative estimate of drug-likeness (QED) is 0.586. The van der Waals surface area contributed by atoms with E-state index in [4.69, 9.17) is 19.7 Å². The number of esters is 1. The second-order valence-electron chi connectivity index (χ2n) is 5.49. The highest BCUT2D eigenvalue weighted by Crippen LogP contribution is 2.18. The molecule has 28 heavy (non-hydrogen) atoms. The molecule has 0 bridgehead atoms. The Bertz CT molecular complexity index is 872. The van der Waals surface area contributed by atoms with Gasteiger partial charge in [0.25, 0.3) is 5.91 Å². The normalized spacial score (nSPS) is 10.0. The maximum atomic E-state index is 12.0. The van der Waals surface area contributed by atoms with E-state index in [0.29, 0.717) is 11.3 Å². The van der Waals surface area contributed by atoms with Gasteiger partial charge in [0.1, 0.15) is 5.75 Å². The Hall–Kier alpha value is -3.88. The fraction of sp³-hybridized carbons (Fsp3) is 0.158. The van der Waals surface area contributed by atoms with Crippen molar-refractivity contribution in [3.8, 4) is 5.75 Å². The van der Waals surface area contributed by atoms with Gasteiger partial charge in [-0.2, -0.15) is 0 Å². The molecule has 2 aromatic carbocycles. The van der Waals surface area contributed by atoms with Crippen LogP contribution in [0, 0.1) is 0 Å². The van der Waals surface area contributed by atoms with Crippen molar-refractivity contribution in [1.82, 2.24) is 0 Å². The van der Waals surface area contributed by atoms with Gasteiger partial charge in [-0.1, -0.05) is 0 Å². The molecule has 0 atom stereocenters. The molecule has 0 aliphatic heterocycles. The van der Waals surface area contributed by atoms with Crippen molar-refractivity contribution in [3.05, 3.63) is 59.2 Å². The number of hydrogen-bond acceptors (Lipinski definition) is 6. The summed E-state index contributed by atoms with van der Waals surface area (Å²) in [5.41, 5.74) is 0.199. The fourth-order valence-electron chi connectivity index (χ4n) is 2.18. The molecule has 0 aliphatic rings. The van der Waals surface area contributed by atoms with Gasteiger partial charge < -0.3 is 25.0 Å². The van der Waals surface area contributed by atoms with Gasteiger partial charge in [0.2, 0.25) is 0 Å². The van der Waals surface area contributed by atoms with Gasteiger partial charge in [-0.05, 0) is 49.4 Å². The van der Waals surface area contributed by atoms with Crippen LogP contribution in [-0.2, 0) is 9.53 Å². The molecule has 0 fully saturated rings. The Kier molecular flexibility index (Phi) is 6.69. The van der Waals surface area contributed by atoms with Gasteiger partial charge in [-0.25, -0.2) is 14.4 Å². The van der Waals surface area contributed by atoms with Crippen molar-refractivity contribution in [2.24, 2.45) is 0 Å². The van der Waals surface area contributed by atoms with E-state index in [1.807, 2.05) is 0 Å². The first-order valence-electron chi connectivity index (χ1n) is 8.11. The lowest BCUT2D eigenvalue weighted by Crippen LogP contribution is -2.20. The number of hydrogen-bond donors (Lipinski definition) is 3. The van der Waals surface area contributed by atoms with Crippen molar-refractivity contribution in [2.75, 3.05) is 18.5 Å². The maximum Gasteiger partial charge on any atom is 0.338 e. The molecule has 0 aromatic heterocycles. The van der Waals surface area contributed by atoms with Crippen molar-refractivity contribution >= 4 is 29.5 Å². The lowest BCUT2D eigenvalue weighted by molar-refractivity contribution is -0.118. The molecule has 0 unspecified atom stereocenters. The number of rotatable bonds is 8.